The van der Waals surface area contributed by atoms with Gasteiger partial charge in [-0.15, -0.1) is 0 Å². The van der Waals surface area contributed by atoms with Crippen LogP contribution in [0.5, 0.6) is 0 Å². The molecule has 2 rings (SSSR count). The van der Waals surface area contributed by atoms with Crippen LogP contribution in [-0.2, 0) is 17.9 Å². The van der Waals surface area contributed by atoms with E-state index < -0.39 is 0 Å². The zero-order chi connectivity index (χ0) is 12.8. The maximum Gasteiger partial charge on any atom is 0.134 e. The van der Waals surface area contributed by atoms with Crippen molar-refractivity contribution in [2.45, 2.75) is 33.4 Å². The van der Waals surface area contributed by atoms with Gasteiger partial charge in [0.15, 0.2) is 0 Å². The SMILES string of the molecule is CCCOCc1c(CNCC)oc2ccccc12. The number of benzene rings is 1. The fourth-order valence-electron chi connectivity index (χ4n) is 2.01. The van der Waals surface area contributed by atoms with Gasteiger partial charge >= 0.3 is 0 Å². The molecule has 0 bridgehead atoms. The van der Waals surface area contributed by atoms with E-state index in [1.54, 1.807) is 0 Å². The first kappa shape index (κ1) is 13.1. The second-order valence-corrected chi connectivity index (χ2v) is 4.33. The molecule has 1 aromatic heterocycles. The standard InChI is InChI=1S/C15H21NO2/c1-3-9-17-11-13-12-7-5-6-8-14(12)18-15(13)10-16-4-2/h5-8,16H,3-4,9-11H2,1-2H3. The van der Waals surface area contributed by atoms with E-state index in [1.807, 2.05) is 18.2 Å². The minimum absolute atomic E-state index is 0.631. The molecule has 3 nitrogen and oxygen atoms in total. The molecule has 2 aromatic rings. The molecule has 0 unspecified atom stereocenters. The second-order valence-electron chi connectivity index (χ2n) is 4.33. The van der Waals surface area contributed by atoms with Crippen molar-refractivity contribution in [3.05, 3.63) is 35.6 Å². The lowest BCUT2D eigenvalue weighted by Gasteiger charge is -2.04. The molecule has 0 saturated carbocycles. The molecule has 1 heterocycles. The van der Waals surface area contributed by atoms with Gasteiger partial charge in [0.05, 0.1) is 13.2 Å². The van der Waals surface area contributed by atoms with Crippen LogP contribution in [-0.4, -0.2) is 13.2 Å². The van der Waals surface area contributed by atoms with E-state index in [0.29, 0.717) is 6.61 Å². The van der Waals surface area contributed by atoms with Crippen LogP contribution < -0.4 is 5.32 Å². The van der Waals surface area contributed by atoms with E-state index in [9.17, 15) is 0 Å². The van der Waals surface area contributed by atoms with Gasteiger partial charge in [0, 0.05) is 17.6 Å². The largest absolute Gasteiger partial charge is 0.459 e. The van der Waals surface area contributed by atoms with Crippen LogP contribution in [0.25, 0.3) is 11.0 Å². The van der Waals surface area contributed by atoms with Gasteiger partial charge in [-0.1, -0.05) is 32.0 Å². The van der Waals surface area contributed by atoms with Gasteiger partial charge in [-0.25, -0.2) is 0 Å². The van der Waals surface area contributed by atoms with Crippen LogP contribution >= 0.6 is 0 Å². The van der Waals surface area contributed by atoms with E-state index in [-0.39, 0.29) is 0 Å². The first-order valence-corrected chi connectivity index (χ1v) is 6.64. The predicted octanol–water partition coefficient (Wildman–Crippen LogP) is 3.47. The molecule has 0 aliphatic heterocycles. The Morgan fingerprint density at radius 2 is 2.06 bits per heavy atom. The molecular formula is C15H21NO2. The van der Waals surface area contributed by atoms with Crippen molar-refractivity contribution in [1.82, 2.24) is 5.32 Å². The number of para-hydroxylation sites is 1. The molecule has 98 valence electrons. The van der Waals surface area contributed by atoms with Gasteiger partial charge in [-0.05, 0) is 19.0 Å². The van der Waals surface area contributed by atoms with E-state index in [0.717, 1.165) is 37.5 Å². The molecule has 0 fully saturated rings. The Morgan fingerprint density at radius 1 is 1.22 bits per heavy atom. The first-order valence-electron chi connectivity index (χ1n) is 6.64. The van der Waals surface area contributed by atoms with Crippen molar-refractivity contribution in [2.24, 2.45) is 0 Å². The summed E-state index contributed by atoms with van der Waals surface area (Å²) in [5, 5.41) is 4.48. The maximum absolute atomic E-state index is 5.89. The van der Waals surface area contributed by atoms with Crippen molar-refractivity contribution < 1.29 is 9.15 Å². The Bertz CT molecular complexity index is 490. The molecule has 0 aliphatic carbocycles. The Morgan fingerprint density at radius 3 is 2.83 bits per heavy atom. The summed E-state index contributed by atoms with van der Waals surface area (Å²) in [4.78, 5) is 0. The quantitative estimate of drug-likeness (QED) is 0.761. The van der Waals surface area contributed by atoms with Gasteiger partial charge in [0.2, 0.25) is 0 Å². The van der Waals surface area contributed by atoms with Gasteiger partial charge in [0.25, 0.3) is 0 Å². The highest BCUT2D eigenvalue weighted by atomic mass is 16.5. The minimum atomic E-state index is 0.631. The van der Waals surface area contributed by atoms with Gasteiger partial charge in [-0.3, -0.25) is 0 Å². The molecule has 3 heteroatoms. The highest BCUT2D eigenvalue weighted by molar-refractivity contribution is 5.82. The topological polar surface area (TPSA) is 34.4 Å². The molecule has 0 spiro atoms. The van der Waals surface area contributed by atoms with Crippen LogP contribution in [0.15, 0.2) is 28.7 Å². The molecule has 0 aliphatic rings. The second kappa shape index (κ2) is 6.57. The highest BCUT2D eigenvalue weighted by Gasteiger charge is 2.13. The van der Waals surface area contributed by atoms with Gasteiger partial charge in [-0.2, -0.15) is 0 Å². The minimum Gasteiger partial charge on any atom is -0.459 e. The van der Waals surface area contributed by atoms with E-state index >= 15 is 0 Å². The average molecular weight is 247 g/mol. The molecule has 18 heavy (non-hydrogen) atoms. The van der Waals surface area contributed by atoms with Crippen LogP contribution in [0.1, 0.15) is 31.6 Å². The van der Waals surface area contributed by atoms with Crippen molar-refractivity contribution >= 4 is 11.0 Å². The fraction of sp³-hybridized carbons (Fsp3) is 0.467. The monoisotopic (exact) mass is 247 g/mol. The van der Waals surface area contributed by atoms with Crippen molar-refractivity contribution in [1.29, 1.82) is 0 Å². The third-order valence-corrected chi connectivity index (χ3v) is 2.91. The Balaban J connectivity index is 2.25. The molecule has 1 aromatic carbocycles. The lowest BCUT2D eigenvalue weighted by molar-refractivity contribution is 0.121. The molecule has 0 atom stereocenters. The fourth-order valence-corrected chi connectivity index (χ4v) is 2.01. The summed E-state index contributed by atoms with van der Waals surface area (Å²) in [5.74, 6) is 0.995. The summed E-state index contributed by atoms with van der Waals surface area (Å²) in [6, 6.07) is 8.14. The lowest BCUT2D eigenvalue weighted by Crippen LogP contribution is -2.12. The summed E-state index contributed by atoms with van der Waals surface area (Å²) < 4.78 is 11.6. The third kappa shape index (κ3) is 2.92. The molecule has 1 N–H and O–H groups in total. The Labute approximate surface area is 108 Å². The summed E-state index contributed by atoms with van der Waals surface area (Å²) in [7, 11) is 0. The molecule has 0 saturated heterocycles. The van der Waals surface area contributed by atoms with Crippen LogP contribution in [0, 0.1) is 0 Å². The summed E-state index contributed by atoms with van der Waals surface area (Å²) >= 11 is 0. The van der Waals surface area contributed by atoms with E-state index in [2.05, 4.69) is 25.2 Å². The van der Waals surface area contributed by atoms with E-state index in [1.165, 1.54) is 10.9 Å². The maximum atomic E-state index is 5.89. The first-order chi connectivity index (χ1) is 8.86. The number of ether oxygens (including phenoxy) is 1. The smallest absolute Gasteiger partial charge is 0.134 e. The zero-order valence-corrected chi connectivity index (χ0v) is 11.2. The highest BCUT2D eigenvalue weighted by Crippen LogP contribution is 2.26. The Kier molecular flexibility index (Phi) is 4.79. The number of hydrogen-bond acceptors (Lipinski definition) is 3. The Hall–Kier alpha value is -1.32. The van der Waals surface area contributed by atoms with Crippen molar-refractivity contribution in [3.63, 3.8) is 0 Å². The normalized spacial score (nSPS) is 11.2. The zero-order valence-electron chi connectivity index (χ0n) is 11.2. The van der Waals surface area contributed by atoms with Gasteiger partial charge in [0.1, 0.15) is 11.3 Å². The predicted molar refractivity (Wildman–Crippen MR) is 73.5 cm³/mol. The van der Waals surface area contributed by atoms with Crippen LogP contribution in [0.4, 0.5) is 0 Å². The van der Waals surface area contributed by atoms with Crippen molar-refractivity contribution in [2.75, 3.05) is 13.2 Å². The third-order valence-electron chi connectivity index (χ3n) is 2.91. The average Bonchev–Trinajstić information content (AvgIpc) is 2.75. The van der Waals surface area contributed by atoms with Crippen molar-refractivity contribution in [3.8, 4) is 0 Å². The summed E-state index contributed by atoms with van der Waals surface area (Å²) in [6.45, 7) is 7.33. The number of fused-ring (bicyclic) bond motifs is 1. The number of nitrogens with one attached hydrogen (secondary N) is 1. The number of furan rings is 1. The number of rotatable bonds is 7. The lowest BCUT2D eigenvalue weighted by atomic mass is 10.1. The summed E-state index contributed by atoms with van der Waals surface area (Å²) in [5.41, 5.74) is 2.13. The molecule has 0 radical (unpaired) electrons. The molecular weight excluding hydrogens is 226 g/mol. The van der Waals surface area contributed by atoms with Crippen LogP contribution in [0.3, 0.4) is 0 Å². The van der Waals surface area contributed by atoms with Gasteiger partial charge < -0.3 is 14.5 Å². The van der Waals surface area contributed by atoms with E-state index in [4.69, 9.17) is 9.15 Å². The molecule has 0 amide bonds. The van der Waals surface area contributed by atoms with Crippen LogP contribution in [0.2, 0.25) is 0 Å². The number of hydrogen-bond donors (Lipinski definition) is 1. The summed E-state index contributed by atoms with van der Waals surface area (Å²) in [6.07, 6.45) is 1.04.